The van der Waals surface area contributed by atoms with Gasteiger partial charge in [0.15, 0.2) is 0 Å². The van der Waals surface area contributed by atoms with Crippen molar-refractivity contribution >= 4 is 11.8 Å². The van der Waals surface area contributed by atoms with E-state index in [0.29, 0.717) is 6.04 Å². The highest BCUT2D eigenvalue weighted by Crippen LogP contribution is 2.12. The molecule has 1 heterocycles. The Labute approximate surface area is 72.0 Å². The molecule has 1 aromatic heterocycles. The number of aromatic nitrogens is 2. The number of thioether (sulfide) groups is 1. The largest absolute Gasteiger partial charge is 0.266 e. The van der Waals surface area contributed by atoms with Gasteiger partial charge in [-0.15, -0.1) is 0 Å². The average Bonchev–Trinajstić information content (AvgIpc) is 2.36. The number of hydrogen-bond donors (Lipinski definition) is 0. The fraction of sp³-hybridized carbons (Fsp3) is 0.625. The summed E-state index contributed by atoms with van der Waals surface area (Å²) in [5.74, 6) is 1.05. The van der Waals surface area contributed by atoms with Crippen LogP contribution in [0.1, 0.15) is 25.6 Å². The highest BCUT2D eigenvalue weighted by molar-refractivity contribution is 7.97. The zero-order chi connectivity index (χ0) is 8.27. The van der Waals surface area contributed by atoms with Crippen molar-refractivity contribution in [3.05, 3.63) is 18.0 Å². The lowest BCUT2D eigenvalue weighted by Crippen LogP contribution is -2.06. The Balaban J connectivity index is 2.78. The second-order valence-electron chi connectivity index (χ2n) is 2.79. The fourth-order valence-corrected chi connectivity index (χ4v) is 1.59. The zero-order valence-electron chi connectivity index (χ0n) is 7.24. The molecule has 0 saturated carbocycles. The molecule has 0 bridgehead atoms. The molecule has 0 aromatic carbocycles. The Morgan fingerprint density at radius 2 is 2.36 bits per heavy atom. The lowest BCUT2D eigenvalue weighted by Gasteiger charge is -2.09. The molecule has 1 aromatic rings. The van der Waals surface area contributed by atoms with E-state index >= 15 is 0 Å². The first-order valence-electron chi connectivity index (χ1n) is 3.77. The molecule has 11 heavy (non-hydrogen) atoms. The summed E-state index contributed by atoms with van der Waals surface area (Å²) < 4.78 is 2.07. The van der Waals surface area contributed by atoms with Crippen molar-refractivity contribution in [3.63, 3.8) is 0 Å². The van der Waals surface area contributed by atoms with Crippen LogP contribution in [0.15, 0.2) is 12.3 Å². The van der Waals surface area contributed by atoms with Gasteiger partial charge in [0.2, 0.25) is 0 Å². The second-order valence-corrected chi connectivity index (χ2v) is 3.66. The van der Waals surface area contributed by atoms with Gasteiger partial charge in [0, 0.05) is 23.7 Å². The Kier molecular flexibility index (Phi) is 3.00. The van der Waals surface area contributed by atoms with E-state index < -0.39 is 0 Å². The monoisotopic (exact) mass is 170 g/mol. The Bertz CT molecular complexity index is 218. The third-order valence-electron chi connectivity index (χ3n) is 1.53. The third-order valence-corrected chi connectivity index (χ3v) is 2.12. The van der Waals surface area contributed by atoms with Crippen LogP contribution in [-0.2, 0) is 5.75 Å². The van der Waals surface area contributed by atoms with E-state index in [2.05, 4.69) is 36.0 Å². The van der Waals surface area contributed by atoms with Gasteiger partial charge in [-0.3, -0.25) is 4.68 Å². The SMILES string of the molecule is CSCc1ccnn1C(C)C. The van der Waals surface area contributed by atoms with Crippen LogP contribution < -0.4 is 0 Å². The number of hydrogen-bond acceptors (Lipinski definition) is 2. The summed E-state index contributed by atoms with van der Waals surface area (Å²) in [7, 11) is 0. The Hall–Kier alpha value is -0.440. The number of rotatable bonds is 3. The van der Waals surface area contributed by atoms with Gasteiger partial charge in [0.25, 0.3) is 0 Å². The maximum Gasteiger partial charge on any atom is 0.0493 e. The Morgan fingerprint density at radius 1 is 1.64 bits per heavy atom. The van der Waals surface area contributed by atoms with E-state index in [1.54, 1.807) is 0 Å². The van der Waals surface area contributed by atoms with Gasteiger partial charge in [-0.1, -0.05) is 0 Å². The highest BCUT2D eigenvalue weighted by Gasteiger charge is 2.03. The molecule has 0 amide bonds. The third kappa shape index (κ3) is 1.99. The molecule has 0 fully saturated rings. The van der Waals surface area contributed by atoms with Gasteiger partial charge in [-0.05, 0) is 26.2 Å². The molecule has 0 aliphatic rings. The van der Waals surface area contributed by atoms with Crippen LogP contribution >= 0.6 is 11.8 Å². The minimum absolute atomic E-state index is 0.479. The lowest BCUT2D eigenvalue weighted by atomic mass is 10.4. The van der Waals surface area contributed by atoms with Crippen LogP contribution in [0.3, 0.4) is 0 Å². The second kappa shape index (κ2) is 3.81. The maximum atomic E-state index is 4.24. The van der Waals surface area contributed by atoms with Crippen LogP contribution in [0, 0.1) is 0 Å². The summed E-state index contributed by atoms with van der Waals surface area (Å²) >= 11 is 1.83. The predicted octanol–water partition coefficient (Wildman–Crippen LogP) is 2.33. The minimum Gasteiger partial charge on any atom is -0.266 e. The van der Waals surface area contributed by atoms with E-state index in [-0.39, 0.29) is 0 Å². The van der Waals surface area contributed by atoms with Crippen molar-refractivity contribution < 1.29 is 0 Å². The molecule has 3 heteroatoms. The van der Waals surface area contributed by atoms with Crippen LogP contribution in [0.25, 0.3) is 0 Å². The first-order chi connectivity index (χ1) is 5.25. The molecule has 0 radical (unpaired) electrons. The maximum absolute atomic E-state index is 4.24. The van der Waals surface area contributed by atoms with Crippen LogP contribution in [-0.4, -0.2) is 16.0 Å². The quantitative estimate of drug-likeness (QED) is 0.693. The molecule has 0 aliphatic heterocycles. The average molecular weight is 170 g/mol. The molecule has 2 nitrogen and oxygen atoms in total. The predicted molar refractivity (Wildman–Crippen MR) is 49.8 cm³/mol. The zero-order valence-corrected chi connectivity index (χ0v) is 8.06. The van der Waals surface area contributed by atoms with Crippen LogP contribution in [0.5, 0.6) is 0 Å². The van der Waals surface area contributed by atoms with Gasteiger partial charge >= 0.3 is 0 Å². The molecule has 0 atom stereocenters. The van der Waals surface area contributed by atoms with Gasteiger partial charge in [0.05, 0.1) is 0 Å². The van der Waals surface area contributed by atoms with Gasteiger partial charge in [-0.25, -0.2) is 0 Å². The summed E-state index contributed by atoms with van der Waals surface area (Å²) in [6.45, 7) is 4.30. The summed E-state index contributed by atoms with van der Waals surface area (Å²) in [4.78, 5) is 0. The van der Waals surface area contributed by atoms with Crippen molar-refractivity contribution in [2.75, 3.05) is 6.26 Å². The molecule has 0 saturated heterocycles. The highest BCUT2D eigenvalue weighted by atomic mass is 32.2. The van der Waals surface area contributed by atoms with E-state index in [9.17, 15) is 0 Å². The topological polar surface area (TPSA) is 17.8 Å². The van der Waals surface area contributed by atoms with Crippen LogP contribution in [0.4, 0.5) is 0 Å². The summed E-state index contributed by atoms with van der Waals surface area (Å²) in [5.41, 5.74) is 1.31. The van der Waals surface area contributed by atoms with Crippen molar-refractivity contribution in [3.8, 4) is 0 Å². The van der Waals surface area contributed by atoms with Gasteiger partial charge in [0.1, 0.15) is 0 Å². The Morgan fingerprint density at radius 3 is 2.91 bits per heavy atom. The normalized spacial score (nSPS) is 10.9. The molecule has 0 unspecified atom stereocenters. The molecule has 0 N–H and O–H groups in total. The molecule has 0 aliphatic carbocycles. The van der Waals surface area contributed by atoms with Crippen molar-refractivity contribution in [1.29, 1.82) is 0 Å². The molecule has 0 spiro atoms. The van der Waals surface area contributed by atoms with E-state index in [1.807, 2.05) is 18.0 Å². The minimum atomic E-state index is 0.479. The van der Waals surface area contributed by atoms with Crippen molar-refractivity contribution in [2.24, 2.45) is 0 Å². The molecule has 62 valence electrons. The molecular formula is C8H14N2S. The standard InChI is InChI=1S/C8H14N2S/c1-7(2)10-8(6-11-3)4-5-9-10/h4-5,7H,6H2,1-3H3. The molecule has 1 rings (SSSR count). The first kappa shape index (κ1) is 8.65. The first-order valence-corrected chi connectivity index (χ1v) is 5.16. The number of nitrogens with zero attached hydrogens (tertiary/aromatic N) is 2. The van der Waals surface area contributed by atoms with E-state index in [0.717, 1.165) is 5.75 Å². The van der Waals surface area contributed by atoms with E-state index in [1.165, 1.54) is 5.69 Å². The van der Waals surface area contributed by atoms with Gasteiger partial charge < -0.3 is 0 Å². The van der Waals surface area contributed by atoms with E-state index in [4.69, 9.17) is 0 Å². The van der Waals surface area contributed by atoms with Gasteiger partial charge in [-0.2, -0.15) is 16.9 Å². The lowest BCUT2D eigenvalue weighted by molar-refractivity contribution is 0.518. The summed E-state index contributed by atoms with van der Waals surface area (Å²) in [5, 5.41) is 4.24. The van der Waals surface area contributed by atoms with Crippen molar-refractivity contribution in [2.45, 2.75) is 25.6 Å². The molecular weight excluding hydrogens is 156 g/mol. The van der Waals surface area contributed by atoms with Crippen LogP contribution in [0.2, 0.25) is 0 Å². The fourth-order valence-electron chi connectivity index (χ4n) is 1.07. The summed E-state index contributed by atoms with van der Waals surface area (Å²) in [6.07, 6.45) is 3.98. The van der Waals surface area contributed by atoms with Crippen molar-refractivity contribution in [1.82, 2.24) is 9.78 Å². The summed E-state index contributed by atoms with van der Waals surface area (Å²) in [6, 6.07) is 2.56. The smallest absolute Gasteiger partial charge is 0.0493 e.